The van der Waals surface area contributed by atoms with Gasteiger partial charge in [-0.2, -0.15) is 15.3 Å². The Morgan fingerprint density at radius 2 is 1.97 bits per heavy atom. The Bertz CT molecular complexity index is 1170. The summed E-state index contributed by atoms with van der Waals surface area (Å²) in [6.07, 6.45) is 7.33. The largest absolute Gasteiger partial charge is 0.336 e. The van der Waals surface area contributed by atoms with E-state index in [2.05, 4.69) is 36.2 Å². The zero-order valence-electron chi connectivity index (χ0n) is 16.4. The van der Waals surface area contributed by atoms with Crippen molar-refractivity contribution >= 4 is 27.5 Å². The van der Waals surface area contributed by atoms with Crippen LogP contribution in [0.1, 0.15) is 29.9 Å². The van der Waals surface area contributed by atoms with Crippen LogP contribution in [-0.4, -0.2) is 52.0 Å². The molecule has 0 radical (unpaired) electrons. The summed E-state index contributed by atoms with van der Waals surface area (Å²) in [6.45, 7) is 6.06. The van der Waals surface area contributed by atoms with Gasteiger partial charge in [0.15, 0.2) is 11.3 Å². The number of hydrogen-bond donors (Lipinski definition) is 0. The predicted molar refractivity (Wildman–Crippen MR) is 111 cm³/mol. The van der Waals surface area contributed by atoms with Crippen molar-refractivity contribution in [3.05, 3.63) is 52.7 Å². The van der Waals surface area contributed by atoms with Gasteiger partial charge in [-0.1, -0.05) is 0 Å². The van der Waals surface area contributed by atoms with Gasteiger partial charge in [-0.05, 0) is 35.8 Å². The highest BCUT2D eigenvalue weighted by Crippen LogP contribution is 2.27. The summed E-state index contributed by atoms with van der Waals surface area (Å²) >= 11 is 3.56. The second kappa shape index (κ2) is 7.78. The van der Waals surface area contributed by atoms with Gasteiger partial charge in [0.25, 0.3) is 5.91 Å². The topological polar surface area (TPSA) is 86.1 Å². The molecular formula is C19H21BrN8O. The molecule has 4 aromatic rings. The molecule has 0 saturated carbocycles. The van der Waals surface area contributed by atoms with Crippen LogP contribution in [0.5, 0.6) is 0 Å². The van der Waals surface area contributed by atoms with Gasteiger partial charge < -0.3 is 4.90 Å². The van der Waals surface area contributed by atoms with Crippen LogP contribution in [-0.2, 0) is 19.6 Å². The van der Waals surface area contributed by atoms with Crippen molar-refractivity contribution < 1.29 is 4.79 Å². The van der Waals surface area contributed by atoms with E-state index in [9.17, 15) is 4.79 Å². The molecule has 0 atom stereocenters. The number of aromatic nitrogens is 7. The monoisotopic (exact) mass is 456 g/mol. The molecule has 1 amide bonds. The Kier molecular flexibility index (Phi) is 5.18. The number of aryl methyl sites for hydroxylation is 2. The molecule has 0 aromatic carbocycles. The lowest BCUT2D eigenvalue weighted by molar-refractivity contribution is 0.0779. The van der Waals surface area contributed by atoms with E-state index in [1.165, 1.54) is 0 Å². The number of rotatable bonds is 6. The third-order valence-corrected chi connectivity index (χ3v) is 5.22. The molecule has 4 rings (SSSR count). The minimum Gasteiger partial charge on any atom is -0.336 e. The molecule has 0 unspecified atom stereocenters. The van der Waals surface area contributed by atoms with E-state index in [0.717, 1.165) is 34.5 Å². The van der Waals surface area contributed by atoms with Crippen molar-refractivity contribution in [2.24, 2.45) is 0 Å². The summed E-state index contributed by atoms with van der Waals surface area (Å²) < 4.78 is 6.19. The lowest BCUT2D eigenvalue weighted by Gasteiger charge is -2.14. The first-order valence-electron chi connectivity index (χ1n) is 9.35. The highest BCUT2D eigenvalue weighted by molar-refractivity contribution is 9.10. The summed E-state index contributed by atoms with van der Waals surface area (Å²) in [7, 11) is 1.75. The van der Waals surface area contributed by atoms with Crippen LogP contribution in [0.25, 0.3) is 17.0 Å². The minimum atomic E-state index is -0.177. The maximum atomic E-state index is 12.9. The molecule has 0 bridgehead atoms. The standard InChI is InChI=1S/C19H21BrN8O/c1-4-26-11-13(9-22-26)10-25(3)19(29)15-8-17-21-7-6-16(28(17)23-15)18-14(20)12-27(5-2)24-18/h6-9,11-12H,4-5,10H2,1-3H3. The Labute approximate surface area is 176 Å². The van der Waals surface area contributed by atoms with E-state index in [4.69, 9.17) is 0 Å². The van der Waals surface area contributed by atoms with Gasteiger partial charge >= 0.3 is 0 Å². The molecule has 0 N–H and O–H groups in total. The second-order valence-corrected chi connectivity index (χ2v) is 7.53. The van der Waals surface area contributed by atoms with Crippen LogP contribution >= 0.6 is 15.9 Å². The van der Waals surface area contributed by atoms with Crippen LogP contribution in [0.2, 0.25) is 0 Å². The number of carbonyl (C=O) groups excluding carboxylic acids is 1. The zero-order valence-corrected chi connectivity index (χ0v) is 18.0. The minimum absolute atomic E-state index is 0.177. The third kappa shape index (κ3) is 3.67. The van der Waals surface area contributed by atoms with Gasteiger partial charge in [0.1, 0.15) is 5.69 Å². The average Bonchev–Trinajstić information content (AvgIpc) is 3.44. The summed E-state index contributed by atoms with van der Waals surface area (Å²) in [5.74, 6) is -0.177. The van der Waals surface area contributed by atoms with Gasteiger partial charge in [0.2, 0.25) is 0 Å². The molecule has 9 nitrogen and oxygen atoms in total. The number of fused-ring (bicyclic) bond motifs is 1. The van der Waals surface area contributed by atoms with Crippen molar-refractivity contribution in [2.75, 3.05) is 7.05 Å². The third-order valence-electron chi connectivity index (χ3n) is 4.64. The van der Waals surface area contributed by atoms with Gasteiger partial charge in [0, 0.05) is 56.9 Å². The van der Waals surface area contributed by atoms with E-state index < -0.39 is 0 Å². The van der Waals surface area contributed by atoms with Crippen LogP contribution in [0, 0.1) is 0 Å². The molecule has 0 aliphatic heterocycles. The maximum Gasteiger partial charge on any atom is 0.274 e. The molecule has 0 aliphatic carbocycles. The Balaban J connectivity index is 1.64. The number of hydrogen-bond acceptors (Lipinski definition) is 5. The lowest BCUT2D eigenvalue weighted by Crippen LogP contribution is -2.26. The normalized spacial score (nSPS) is 11.3. The molecule has 0 spiro atoms. The molecule has 10 heteroatoms. The Morgan fingerprint density at radius 3 is 2.66 bits per heavy atom. The fourth-order valence-electron chi connectivity index (χ4n) is 3.11. The molecule has 0 saturated heterocycles. The van der Waals surface area contributed by atoms with Crippen molar-refractivity contribution in [1.29, 1.82) is 0 Å². The number of amides is 1. The van der Waals surface area contributed by atoms with Crippen molar-refractivity contribution in [2.45, 2.75) is 33.5 Å². The molecule has 29 heavy (non-hydrogen) atoms. The lowest BCUT2D eigenvalue weighted by atomic mass is 10.3. The van der Waals surface area contributed by atoms with E-state index in [1.54, 1.807) is 34.9 Å². The summed E-state index contributed by atoms with van der Waals surface area (Å²) in [6, 6.07) is 3.53. The summed E-state index contributed by atoms with van der Waals surface area (Å²) in [4.78, 5) is 18.9. The maximum absolute atomic E-state index is 12.9. The van der Waals surface area contributed by atoms with Crippen molar-refractivity contribution in [1.82, 2.24) is 39.1 Å². The Hall–Kier alpha value is -3.01. The fraction of sp³-hybridized carbons (Fsp3) is 0.316. The second-order valence-electron chi connectivity index (χ2n) is 6.68. The number of halogens is 1. The quantitative estimate of drug-likeness (QED) is 0.445. The average molecular weight is 457 g/mol. The molecule has 4 aromatic heterocycles. The van der Waals surface area contributed by atoms with Gasteiger partial charge in [-0.3, -0.25) is 14.2 Å². The van der Waals surface area contributed by atoms with Crippen molar-refractivity contribution in [3.63, 3.8) is 0 Å². The first-order chi connectivity index (χ1) is 14.0. The summed E-state index contributed by atoms with van der Waals surface area (Å²) in [5, 5.41) is 13.4. The molecular weight excluding hydrogens is 436 g/mol. The zero-order chi connectivity index (χ0) is 20.5. The van der Waals surface area contributed by atoms with Crippen LogP contribution in [0.15, 0.2) is 41.4 Å². The number of nitrogens with zero attached hydrogens (tertiary/aromatic N) is 8. The Morgan fingerprint density at radius 1 is 1.17 bits per heavy atom. The van der Waals surface area contributed by atoms with Crippen molar-refractivity contribution in [3.8, 4) is 11.4 Å². The smallest absolute Gasteiger partial charge is 0.274 e. The van der Waals surface area contributed by atoms with E-state index >= 15 is 0 Å². The molecule has 150 valence electrons. The van der Waals surface area contributed by atoms with Gasteiger partial charge in [-0.15, -0.1) is 0 Å². The van der Waals surface area contributed by atoms with Gasteiger partial charge in [0.05, 0.1) is 16.4 Å². The molecule has 0 fully saturated rings. The molecule has 4 heterocycles. The molecule has 0 aliphatic rings. The SMILES string of the molecule is CCn1cc(CN(C)C(=O)c2cc3nccc(-c4nn(CC)cc4Br)n3n2)cn1. The predicted octanol–water partition coefficient (Wildman–Crippen LogP) is 2.86. The van der Waals surface area contributed by atoms with Gasteiger partial charge in [-0.25, -0.2) is 9.50 Å². The van der Waals surface area contributed by atoms with E-state index in [1.807, 2.05) is 41.7 Å². The van der Waals surface area contributed by atoms with Crippen LogP contribution in [0.3, 0.4) is 0 Å². The highest BCUT2D eigenvalue weighted by atomic mass is 79.9. The number of carbonyl (C=O) groups is 1. The summed E-state index contributed by atoms with van der Waals surface area (Å²) in [5.41, 5.74) is 3.42. The fourth-order valence-corrected chi connectivity index (χ4v) is 3.63. The van der Waals surface area contributed by atoms with E-state index in [-0.39, 0.29) is 5.91 Å². The first kappa shape index (κ1) is 19.3. The van der Waals surface area contributed by atoms with Crippen LogP contribution < -0.4 is 0 Å². The highest BCUT2D eigenvalue weighted by Gasteiger charge is 2.20. The van der Waals surface area contributed by atoms with Crippen LogP contribution in [0.4, 0.5) is 0 Å². The first-order valence-corrected chi connectivity index (χ1v) is 10.1. The van der Waals surface area contributed by atoms with E-state index in [0.29, 0.717) is 17.9 Å².